The van der Waals surface area contributed by atoms with Gasteiger partial charge in [0.05, 0.1) is 12.1 Å². The summed E-state index contributed by atoms with van der Waals surface area (Å²) < 4.78 is 10.9. The van der Waals surface area contributed by atoms with Crippen LogP contribution in [0.15, 0.2) is 84.9 Å². The van der Waals surface area contributed by atoms with Gasteiger partial charge in [0, 0.05) is 50.7 Å². The maximum absolute atomic E-state index is 12.6. The number of likely N-dealkylation sites (N-methyl/N-ethyl adjacent to an activating group) is 1. The molecule has 0 saturated carbocycles. The standard InChI is InChI=1S/C28H33N3O3/c1-30(25-15-13-23(14-16-25)28(32)29-24-11-7-4-8-12-24)20-27(22-9-5-3-6-10-22)31-18-17-26(19-31)34-21-33-2/h3-16,26-27H,17-21H2,1-2H3,(H,29,32)/t26-,27-/m0/s1. The summed E-state index contributed by atoms with van der Waals surface area (Å²) in [5.74, 6) is -0.110. The van der Waals surface area contributed by atoms with E-state index >= 15 is 0 Å². The third-order valence-corrected chi connectivity index (χ3v) is 6.27. The Morgan fingerprint density at radius 1 is 1.03 bits per heavy atom. The summed E-state index contributed by atoms with van der Waals surface area (Å²) in [4.78, 5) is 17.3. The zero-order chi connectivity index (χ0) is 23.8. The minimum atomic E-state index is -0.110. The lowest BCUT2D eigenvalue weighted by Gasteiger charge is -2.33. The summed E-state index contributed by atoms with van der Waals surface area (Å²) in [5.41, 5.74) is 3.79. The molecule has 0 bridgehead atoms. The van der Waals surface area contributed by atoms with Gasteiger partial charge in [-0.15, -0.1) is 0 Å². The molecule has 1 aliphatic rings. The van der Waals surface area contributed by atoms with Gasteiger partial charge in [-0.1, -0.05) is 48.5 Å². The fourth-order valence-corrected chi connectivity index (χ4v) is 4.40. The first-order valence-corrected chi connectivity index (χ1v) is 11.7. The Balaban J connectivity index is 1.43. The van der Waals surface area contributed by atoms with Gasteiger partial charge in [0.1, 0.15) is 6.79 Å². The van der Waals surface area contributed by atoms with Crippen LogP contribution in [-0.4, -0.2) is 57.5 Å². The van der Waals surface area contributed by atoms with Crippen molar-refractivity contribution >= 4 is 17.3 Å². The molecule has 0 spiro atoms. The van der Waals surface area contributed by atoms with Crippen LogP contribution in [0, 0.1) is 0 Å². The van der Waals surface area contributed by atoms with Crippen LogP contribution in [0.3, 0.4) is 0 Å². The summed E-state index contributed by atoms with van der Waals surface area (Å²) >= 11 is 0. The Bertz CT molecular complexity index is 1030. The molecular formula is C28H33N3O3. The predicted octanol–water partition coefficient (Wildman–Crippen LogP) is 4.81. The van der Waals surface area contributed by atoms with E-state index in [1.165, 1.54) is 5.56 Å². The molecule has 1 N–H and O–H groups in total. The molecule has 34 heavy (non-hydrogen) atoms. The molecule has 3 aromatic rings. The summed E-state index contributed by atoms with van der Waals surface area (Å²) in [6.07, 6.45) is 1.20. The molecule has 0 aliphatic carbocycles. The van der Waals surface area contributed by atoms with Crippen molar-refractivity contribution in [1.29, 1.82) is 0 Å². The molecule has 1 aliphatic heterocycles. The number of carbonyl (C=O) groups is 1. The van der Waals surface area contributed by atoms with E-state index < -0.39 is 0 Å². The van der Waals surface area contributed by atoms with Crippen LogP contribution < -0.4 is 10.2 Å². The normalized spacial score (nSPS) is 16.8. The van der Waals surface area contributed by atoms with Crippen LogP contribution in [0.4, 0.5) is 11.4 Å². The number of rotatable bonds is 10. The lowest BCUT2D eigenvalue weighted by molar-refractivity contribution is -0.0679. The molecule has 178 valence electrons. The van der Waals surface area contributed by atoms with Gasteiger partial charge >= 0.3 is 0 Å². The van der Waals surface area contributed by atoms with Crippen molar-refractivity contribution in [2.75, 3.05) is 50.8 Å². The second kappa shape index (κ2) is 11.8. The van der Waals surface area contributed by atoms with Gasteiger partial charge < -0.3 is 19.7 Å². The van der Waals surface area contributed by atoms with Crippen molar-refractivity contribution in [1.82, 2.24) is 4.90 Å². The average molecular weight is 460 g/mol. The number of methoxy groups -OCH3 is 1. The van der Waals surface area contributed by atoms with Crippen molar-refractivity contribution < 1.29 is 14.3 Å². The largest absolute Gasteiger partial charge is 0.373 e. The number of likely N-dealkylation sites (tertiary alicyclic amines) is 1. The van der Waals surface area contributed by atoms with Gasteiger partial charge in [0.2, 0.25) is 0 Å². The molecule has 0 aromatic heterocycles. The topological polar surface area (TPSA) is 54.0 Å². The number of nitrogens with one attached hydrogen (secondary N) is 1. The molecule has 0 radical (unpaired) electrons. The summed E-state index contributed by atoms with van der Waals surface area (Å²) in [6.45, 7) is 3.03. The van der Waals surface area contributed by atoms with Crippen LogP contribution in [-0.2, 0) is 9.47 Å². The van der Waals surface area contributed by atoms with Gasteiger partial charge in [0.15, 0.2) is 0 Å². The quantitative estimate of drug-likeness (QED) is 0.441. The van der Waals surface area contributed by atoms with Gasteiger partial charge in [-0.25, -0.2) is 0 Å². The predicted molar refractivity (Wildman–Crippen MR) is 136 cm³/mol. The Labute approximate surface area is 202 Å². The third-order valence-electron chi connectivity index (χ3n) is 6.27. The Hall–Kier alpha value is -3.19. The Morgan fingerprint density at radius 2 is 1.71 bits per heavy atom. The lowest BCUT2D eigenvalue weighted by atomic mass is 10.0. The number of amides is 1. The number of ether oxygens (including phenoxy) is 2. The fourth-order valence-electron chi connectivity index (χ4n) is 4.40. The van der Waals surface area contributed by atoms with Crippen LogP contribution >= 0.6 is 0 Å². The van der Waals surface area contributed by atoms with Gasteiger partial charge in [-0.05, 0) is 48.4 Å². The maximum Gasteiger partial charge on any atom is 0.255 e. The number of para-hydroxylation sites is 1. The zero-order valence-electron chi connectivity index (χ0n) is 19.9. The molecule has 1 amide bonds. The van der Waals surface area contributed by atoms with Gasteiger partial charge in [-0.2, -0.15) is 0 Å². The molecule has 0 unspecified atom stereocenters. The highest BCUT2D eigenvalue weighted by Gasteiger charge is 2.30. The molecule has 1 fully saturated rings. The number of benzene rings is 3. The molecule has 3 aromatic carbocycles. The van der Waals surface area contributed by atoms with Crippen molar-refractivity contribution in [2.24, 2.45) is 0 Å². The molecule has 6 nitrogen and oxygen atoms in total. The van der Waals surface area contributed by atoms with Gasteiger partial charge in [-0.3, -0.25) is 9.69 Å². The first-order valence-electron chi connectivity index (χ1n) is 11.7. The van der Waals surface area contributed by atoms with E-state index in [1.54, 1.807) is 7.11 Å². The number of anilines is 2. The Kier molecular flexibility index (Phi) is 8.31. The molecule has 2 atom stereocenters. The minimum Gasteiger partial charge on any atom is -0.373 e. The SMILES string of the molecule is COCO[C@H]1CCN([C@@H](CN(C)c2ccc(C(=O)Nc3ccccc3)cc2)c2ccccc2)C1. The van der Waals surface area contributed by atoms with E-state index in [0.29, 0.717) is 12.4 Å². The summed E-state index contributed by atoms with van der Waals surface area (Å²) in [5, 5.41) is 2.94. The lowest BCUT2D eigenvalue weighted by Crippen LogP contribution is -2.36. The van der Waals surface area contributed by atoms with E-state index in [0.717, 1.165) is 37.4 Å². The van der Waals surface area contributed by atoms with Crippen molar-refractivity contribution in [3.8, 4) is 0 Å². The average Bonchev–Trinajstić information content (AvgIpc) is 3.35. The first kappa shape index (κ1) is 24.0. The van der Waals surface area contributed by atoms with Crippen LogP contribution in [0.5, 0.6) is 0 Å². The number of nitrogens with zero attached hydrogens (tertiary/aromatic N) is 2. The highest BCUT2D eigenvalue weighted by atomic mass is 16.7. The van der Waals surface area contributed by atoms with E-state index in [1.807, 2.05) is 54.6 Å². The zero-order valence-corrected chi connectivity index (χ0v) is 19.9. The van der Waals surface area contributed by atoms with E-state index in [9.17, 15) is 4.79 Å². The van der Waals surface area contributed by atoms with E-state index in [2.05, 4.69) is 52.5 Å². The monoisotopic (exact) mass is 459 g/mol. The smallest absolute Gasteiger partial charge is 0.255 e. The van der Waals surface area contributed by atoms with Gasteiger partial charge in [0.25, 0.3) is 5.91 Å². The minimum absolute atomic E-state index is 0.110. The molecule has 4 rings (SSSR count). The summed E-state index contributed by atoms with van der Waals surface area (Å²) in [7, 11) is 3.76. The first-order chi connectivity index (χ1) is 16.6. The fraction of sp³-hybridized carbons (Fsp3) is 0.321. The Morgan fingerprint density at radius 3 is 2.38 bits per heavy atom. The van der Waals surface area contributed by atoms with E-state index in [4.69, 9.17) is 9.47 Å². The van der Waals surface area contributed by atoms with E-state index in [-0.39, 0.29) is 18.1 Å². The van der Waals surface area contributed by atoms with Crippen molar-refractivity contribution in [2.45, 2.75) is 18.6 Å². The summed E-state index contributed by atoms with van der Waals surface area (Å²) in [6, 6.07) is 28.2. The van der Waals surface area contributed by atoms with Crippen molar-refractivity contribution in [3.63, 3.8) is 0 Å². The van der Waals surface area contributed by atoms with Crippen LogP contribution in [0.1, 0.15) is 28.4 Å². The number of carbonyl (C=O) groups excluding carboxylic acids is 1. The van der Waals surface area contributed by atoms with Crippen LogP contribution in [0.25, 0.3) is 0 Å². The molecule has 1 saturated heterocycles. The van der Waals surface area contributed by atoms with Crippen LogP contribution in [0.2, 0.25) is 0 Å². The highest BCUT2D eigenvalue weighted by molar-refractivity contribution is 6.04. The number of hydrogen-bond acceptors (Lipinski definition) is 5. The number of hydrogen-bond donors (Lipinski definition) is 1. The third kappa shape index (κ3) is 6.23. The molecule has 1 heterocycles. The second-order valence-corrected chi connectivity index (χ2v) is 8.65. The maximum atomic E-state index is 12.6. The highest BCUT2D eigenvalue weighted by Crippen LogP contribution is 2.28. The second-order valence-electron chi connectivity index (χ2n) is 8.65. The van der Waals surface area contributed by atoms with Crippen molar-refractivity contribution in [3.05, 3.63) is 96.1 Å². The molecular weight excluding hydrogens is 426 g/mol. The molecule has 6 heteroatoms.